The smallest absolute Gasteiger partial charge is 0.306 e. The predicted octanol–water partition coefficient (Wildman–Crippen LogP) is 5.13. The topological polar surface area (TPSA) is 108 Å². The third kappa shape index (κ3) is 5.44. The van der Waals surface area contributed by atoms with E-state index in [2.05, 4.69) is 13.8 Å². The summed E-state index contributed by atoms with van der Waals surface area (Å²) in [6.07, 6.45) is 3.96. The molecule has 0 spiro atoms. The van der Waals surface area contributed by atoms with Crippen LogP contribution in [-0.4, -0.2) is 72.5 Å². The Morgan fingerprint density at radius 1 is 1.02 bits per heavy atom. The van der Waals surface area contributed by atoms with Crippen LogP contribution >= 0.6 is 11.6 Å². The molecule has 1 aliphatic carbocycles. The minimum atomic E-state index is -0.775. The van der Waals surface area contributed by atoms with Crippen molar-refractivity contribution in [1.82, 2.24) is 24.4 Å². The van der Waals surface area contributed by atoms with Crippen LogP contribution in [0.1, 0.15) is 75.3 Å². The fraction of sp³-hybridized carbons (Fsp3) is 0.500. The fourth-order valence-corrected chi connectivity index (χ4v) is 6.12. The molecule has 1 N–H and O–H groups in total. The molecule has 3 heterocycles. The number of hydrogen-bond donors (Lipinski definition) is 1. The number of piperazine rings is 1. The Kier molecular flexibility index (Phi) is 7.61. The number of carboxylic acids is 1. The highest BCUT2D eigenvalue weighted by Crippen LogP contribution is 2.33. The first-order chi connectivity index (χ1) is 18.9. The predicted molar refractivity (Wildman–Crippen MR) is 152 cm³/mol. The molecular weight excluding hydrogens is 530 g/mol. The van der Waals surface area contributed by atoms with Crippen LogP contribution in [0.25, 0.3) is 16.9 Å². The van der Waals surface area contributed by atoms with Gasteiger partial charge in [-0.15, -0.1) is 0 Å². The molecule has 0 unspecified atom stereocenters. The van der Waals surface area contributed by atoms with Crippen LogP contribution in [0.15, 0.2) is 36.5 Å². The van der Waals surface area contributed by atoms with Gasteiger partial charge in [-0.2, -0.15) is 5.10 Å². The zero-order valence-corrected chi connectivity index (χ0v) is 24.2. The van der Waals surface area contributed by atoms with Gasteiger partial charge in [0.2, 0.25) is 5.91 Å². The third-order valence-electron chi connectivity index (χ3n) is 8.32. The number of hydrogen-bond acceptors (Lipinski definition) is 5. The van der Waals surface area contributed by atoms with E-state index in [0.717, 1.165) is 16.8 Å². The van der Waals surface area contributed by atoms with Crippen molar-refractivity contribution in [2.75, 3.05) is 19.6 Å². The molecule has 2 fully saturated rings. The molecule has 2 aliphatic rings. The van der Waals surface area contributed by atoms with Gasteiger partial charge in [0.25, 0.3) is 5.91 Å². The van der Waals surface area contributed by atoms with Crippen LogP contribution in [0.4, 0.5) is 0 Å². The Hall–Kier alpha value is -3.46. The number of aromatic nitrogens is 3. The Morgan fingerprint density at radius 3 is 2.27 bits per heavy atom. The summed E-state index contributed by atoms with van der Waals surface area (Å²) in [5.41, 5.74) is 3.07. The summed E-state index contributed by atoms with van der Waals surface area (Å²) in [4.78, 5) is 46.7. The van der Waals surface area contributed by atoms with E-state index < -0.39 is 11.5 Å². The number of carbonyl (C=O) groups is 3. The van der Waals surface area contributed by atoms with E-state index in [-0.39, 0.29) is 29.6 Å². The summed E-state index contributed by atoms with van der Waals surface area (Å²) >= 11 is 6.07. The van der Waals surface area contributed by atoms with Gasteiger partial charge >= 0.3 is 5.97 Å². The molecule has 2 aromatic heterocycles. The Labute approximate surface area is 239 Å². The first-order valence-corrected chi connectivity index (χ1v) is 14.3. The molecule has 2 amide bonds. The highest BCUT2D eigenvalue weighted by molar-refractivity contribution is 6.30. The second-order valence-corrected chi connectivity index (χ2v) is 12.4. The number of rotatable bonds is 5. The molecule has 10 heteroatoms. The molecule has 1 aromatic carbocycles. The number of carboxylic acid groups (broad SMARTS) is 1. The van der Waals surface area contributed by atoms with Crippen molar-refractivity contribution < 1.29 is 19.5 Å². The number of benzene rings is 1. The van der Waals surface area contributed by atoms with Gasteiger partial charge in [-0.1, -0.05) is 37.6 Å². The van der Waals surface area contributed by atoms with Gasteiger partial charge in [-0.05, 0) is 63.6 Å². The molecule has 0 atom stereocenters. The van der Waals surface area contributed by atoms with Gasteiger partial charge in [-0.3, -0.25) is 14.4 Å². The summed E-state index contributed by atoms with van der Waals surface area (Å²) < 4.78 is 1.69. The fourth-order valence-electron chi connectivity index (χ4n) is 5.99. The van der Waals surface area contributed by atoms with E-state index in [4.69, 9.17) is 21.7 Å². The van der Waals surface area contributed by atoms with Crippen LogP contribution in [0.3, 0.4) is 0 Å². The normalized spacial score (nSPS) is 21.1. The van der Waals surface area contributed by atoms with Crippen LogP contribution in [0.2, 0.25) is 5.02 Å². The second-order valence-electron chi connectivity index (χ2n) is 12.0. The molecule has 1 saturated carbocycles. The van der Waals surface area contributed by atoms with Crippen molar-refractivity contribution >= 4 is 35.0 Å². The van der Waals surface area contributed by atoms with Crippen molar-refractivity contribution in [3.8, 4) is 11.3 Å². The van der Waals surface area contributed by atoms with E-state index in [0.29, 0.717) is 61.7 Å². The van der Waals surface area contributed by atoms with Gasteiger partial charge in [0.1, 0.15) is 5.69 Å². The van der Waals surface area contributed by atoms with Gasteiger partial charge < -0.3 is 14.9 Å². The number of amides is 2. The first kappa shape index (κ1) is 28.1. The highest BCUT2D eigenvalue weighted by atomic mass is 35.5. The van der Waals surface area contributed by atoms with Crippen LogP contribution < -0.4 is 0 Å². The van der Waals surface area contributed by atoms with Crippen molar-refractivity contribution in [2.24, 2.45) is 11.8 Å². The second kappa shape index (κ2) is 10.8. The molecule has 1 aliphatic heterocycles. The lowest BCUT2D eigenvalue weighted by molar-refractivity contribution is -0.147. The standard InChI is InChI=1S/C30H36ClN5O4/c1-18(2)23-15-24(19-9-11-22(31)12-10-19)33-36-16-25(32-26(23)36)28(38)35-14-13-34(17-30(35,3)4)27(37)20-5-7-21(8-6-20)29(39)40/h9-12,15-16,18,20-21H,5-8,13-14,17H2,1-4H3,(H,39,40). The van der Waals surface area contributed by atoms with Crippen molar-refractivity contribution in [1.29, 1.82) is 0 Å². The molecule has 212 valence electrons. The highest BCUT2D eigenvalue weighted by Gasteiger charge is 2.41. The first-order valence-electron chi connectivity index (χ1n) is 13.9. The maximum atomic E-state index is 13.8. The zero-order valence-electron chi connectivity index (χ0n) is 23.4. The van der Waals surface area contributed by atoms with Gasteiger partial charge in [-0.25, -0.2) is 9.50 Å². The van der Waals surface area contributed by atoms with Crippen molar-refractivity contribution in [2.45, 2.75) is 64.8 Å². The molecular formula is C30H36ClN5O4. The van der Waals surface area contributed by atoms with E-state index in [1.54, 1.807) is 15.6 Å². The van der Waals surface area contributed by atoms with Crippen LogP contribution in [-0.2, 0) is 9.59 Å². The Morgan fingerprint density at radius 2 is 1.68 bits per heavy atom. The van der Waals surface area contributed by atoms with Crippen molar-refractivity contribution in [3.05, 3.63) is 52.8 Å². The Balaban J connectivity index is 1.35. The summed E-state index contributed by atoms with van der Waals surface area (Å²) in [6.45, 7) is 9.37. The van der Waals surface area contributed by atoms with E-state index in [1.807, 2.05) is 49.1 Å². The summed E-state index contributed by atoms with van der Waals surface area (Å²) in [5.74, 6) is -1.23. The number of fused-ring (bicyclic) bond motifs is 1. The number of halogens is 1. The maximum absolute atomic E-state index is 13.8. The summed E-state index contributed by atoms with van der Waals surface area (Å²) in [6, 6.07) is 9.51. The summed E-state index contributed by atoms with van der Waals surface area (Å²) in [7, 11) is 0. The van der Waals surface area contributed by atoms with Crippen LogP contribution in [0.5, 0.6) is 0 Å². The molecule has 3 aromatic rings. The van der Waals surface area contributed by atoms with Crippen LogP contribution in [0, 0.1) is 11.8 Å². The molecule has 5 rings (SSSR count). The average molecular weight is 566 g/mol. The number of nitrogens with zero attached hydrogens (tertiary/aromatic N) is 5. The van der Waals surface area contributed by atoms with Gasteiger partial charge in [0, 0.05) is 41.7 Å². The zero-order chi connectivity index (χ0) is 28.8. The Bertz CT molecular complexity index is 1440. The average Bonchev–Trinajstić information content (AvgIpc) is 3.36. The van der Waals surface area contributed by atoms with Gasteiger partial charge in [0.05, 0.1) is 23.3 Å². The molecule has 0 bridgehead atoms. The van der Waals surface area contributed by atoms with E-state index >= 15 is 0 Å². The lowest BCUT2D eigenvalue weighted by atomic mass is 9.81. The quantitative estimate of drug-likeness (QED) is 0.459. The van der Waals surface area contributed by atoms with Gasteiger partial charge in [0.15, 0.2) is 5.65 Å². The molecule has 1 saturated heterocycles. The molecule has 40 heavy (non-hydrogen) atoms. The van der Waals surface area contributed by atoms with E-state index in [1.165, 1.54) is 0 Å². The lowest BCUT2D eigenvalue weighted by Crippen LogP contribution is -2.62. The monoisotopic (exact) mass is 565 g/mol. The molecule has 9 nitrogen and oxygen atoms in total. The maximum Gasteiger partial charge on any atom is 0.306 e. The van der Waals surface area contributed by atoms with Crippen molar-refractivity contribution in [3.63, 3.8) is 0 Å². The number of carbonyl (C=O) groups excluding carboxylic acids is 2. The largest absolute Gasteiger partial charge is 0.481 e. The lowest BCUT2D eigenvalue weighted by Gasteiger charge is -2.47. The third-order valence-corrected chi connectivity index (χ3v) is 8.57. The minimum Gasteiger partial charge on any atom is -0.481 e. The molecule has 0 radical (unpaired) electrons. The number of imidazole rings is 1. The summed E-state index contributed by atoms with van der Waals surface area (Å²) in [5, 5.41) is 14.7. The van der Waals surface area contributed by atoms with E-state index in [9.17, 15) is 19.5 Å². The SMILES string of the molecule is CC(C)c1cc(-c2ccc(Cl)cc2)nn2cc(C(=O)N3CCN(C(=O)C4CCC(C(=O)O)CC4)CC3(C)C)nc12. The minimum absolute atomic E-state index is 0.0669. The number of aliphatic carboxylic acids is 1.